The highest BCUT2D eigenvalue weighted by Gasteiger charge is 2.27. The van der Waals surface area contributed by atoms with Crippen LogP contribution in [0.5, 0.6) is 5.75 Å². The number of hydrogen-bond acceptors (Lipinski definition) is 5. The molecule has 1 aliphatic rings. The number of carbonyl (C=O) groups excluding carboxylic acids is 3. The van der Waals surface area contributed by atoms with E-state index in [1.165, 1.54) is 5.56 Å². The molecule has 0 spiro atoms. The van der Waals surface area contributed by atoms with Crippen molar-refractivity contribution >= 4 is 17.8 Å². The average Bonchev–Trinajstić information content (AvgIpc) is 2.77. The molecule has 2 aromatic rings. The van der Waals surface area contributed by atoms with E-state index >= 15 is 0 Å². The molecule has 0 aromatic heterocycles. The van der Waals surface area contributed by atoms with Crippen molar-refractivity contribution in [2.45, 2.75) is 32.9 Å². The van der Waals surface area contributed by atoms with Crippen molar-refractivity contribution in [3.63, 3.8) is 0 Å². The van der Waals surface area contributed by atoms with Crippen molar-refractivity contribution in [3.8, 4) is 5.75 Å². The average molecular weight is 410 g/mol. The SMILES string of the molecule is CCOc1ccc(C(=O)NCC(=O)O[C@H](C)C(=O)N2CCc3ccccc3C2)cc1. The molecule has 7 heteroatoms. The first-order valence-corrected chi connectivity index (χ1v) is 10.0. The maximum Gasteiger partial charge on any atom is 0.326 e. The number of fused-ring (bicyclic) bond motifs is 1. The summed E-state index contributed by atoms with van der Waals surface area (Å²) >= 11 is 0. The molecule has 1 aliphatic heterocycles. The van der Waals surface area contributed by atoms with Crippen LogP contribution < -0.4 is 10.1 Å². The Morgan fingerprint density at radius 1 is 1.07 bits per heavy atom. The summed E-state index contributed by atoms with van der Waals surface area (Å²) in [5.74, 6) is -0.633. The van der Waals surface area contributed by atoms with Crippen LogP contribution in [0.25, 0.3) is 0 Å². The van der Waals surface area contributed by atoms with E-state index in [0.29, 0.717) is 31.0 Å². The van der Waals surface area contributed by atoms with Gasteiger partial charge in [0.25, 0.3) is 11.8 Å². The summed E-state index contributed by atoms with van der Waals surface area (Å²) in [5.41, 5.74) is 2.75. The van der Waals surface area contributed by atoms with Crippen LogP contribution in [-0.4, -0.2) is 48.5 Å². The quantitative estimate of drug-likeness (QED) is 0.708. The van der Waals surface area contributed by atoms with E-state index in [1.807, 2.05) is 25.1 Å². The summed E-state index contributed by atoms with van der Waals surface area (Å²) in [6, 6.07) is 14.6. The zero-order valence-corrected chi connectivity index (χ0v) is 17.2. The van der Waals surface area contributed by atoms with Gasteiger partial charge < -0.3 is 19.7 Å². The second-order valence-electron chi connectivity index (χ2n) is 7.05. The predicted molar refractivity (Wildman–Crippen MR) is 111 cm³/mol. The van der Waals surface area contributed by atoms with Crippen molar-refractivity contribution in [1.82, 2.24) is 10.2 Å². The lowest BCUT2D eigenvalue weighted by Crippen LogP contribution is -2.43. The molecule has 0 aliphatic carbocycles. The van der Waals surface area contributed by atoms with Crippen molar-refractivity contribution in [3.05, 3.63) is 65.2 Å². The number of esters is 1. The van der Waals surface area contributed by atoms with Crippen LogP contribution in [0.3, 0.4) is 0 Å². The number of amides is 2. The zero-order valence-electron chi connectivity index (χ0n) is 17.2. The predicted octanol–water partition coefficient (Wildman–Crippen LogP) is 2.33. The maximum absolute atomic E-state index is 12.6. The molecule has 1 heterocycles. The minimum absolute atomic E-state index is 0.240. The molecule has 0 radical (unpaired) electrons. The van der Waals surface area contributed by atoms with Gasteiger partial charge in [0.1, 0.15) is 12.3 Å². The lowest BCUT2D eigenvalue weighted by molar-refractivity contribution is -0.158. The van der Waals surface area contributed by atoms with Gasteiger partial charge in [-0.05, 0) is 55.7 Å². The van der Waals surface area contributed by atoms with Crippen LogP contribution in [0.1, 0.15) is 35.3 Å². The summed E-state index contributed by atoms with van der Waals surface area (Å²) in [7, 11) is 0. The summed E-state index contributed by atoms with van der Waals surface area (Å²) in [5, 5.41) is 2.51. The van der Waals surface area contributed by atoms with Crippen LogP contribution in [0.2, 0.25) is 0 Å². The van der Waals surface area contributed by atoms with Crippen molar-refractivity contribution in [1.29, 1.82) is 0 Å². The molecule has 0 fully saturated rings. The second-order valence-corrected chi connectivity index (χ2v) is 7.05. The number of nitrogens with one attached hydrogen (secondary N) is 1. The van der Waals surface area contributed by atoms with Crippen LogP contribution in [0.15, 0.2) is 48.5 Å². The van der Waals surface area contributed by atoms with Gasteiger partial charge in [0.05, 0.1) is 6.61 Å². The fraction of sp³-hybridized carbons (Fsp3) is 0.348. The Kier molecular flexibility index (Phi) is 7.06. The molecule has 7 nitrogen and oxygen atoms in total. The first-order chi connectivity index (χ1) is 14.5. The van der Waals surface area contributed by atoms with E-state index in [2.05, 4.69) is 11.4 Å². The van der Waals surface area contributed by atoms with Gasteiger partial charge in [-0.2, -0.15) is 0 Å². The normalized spacial score (nSPS) is 13.7. The lowest BCUT2D eigenvalue weighted by Gasteiger charge is -2.30. The summed E-state index contributed by atoms with van der Waals surface area (Å²) in [4.78, 5) is 38.6. The van der Waals surface area contributed by atoms with Gasteiger partial charge in [-0.1, -0.05) is 24.3 Å². The smallest absolute Gasteiger partial charge is 0.326 e. The first kappa shape index (κ1) is 21.4. The third-order valence-corrected chi connectivity index (χ3v) is 4.92. The standard InChI is InChI=1S/C23H26N2O5/c1-3-29-20-10-8-18(9-11-20)22(27)24-14-21(26)30-16(2)23(28)25-13-12-17-6-4-5-7-19(17)15-25/h4-11,16H,3,12-15H2,1-2H3,(H,24,27)/t16-/m1/s1. The first-order valence-electron chi connectivity index (χ1n) is 10.0. The van der Waals surface area contributed by atoms with E-state index in [0.717, 1.165) is 12.0 Å². The van der Waals surface area contributed by atoms with Gasteiger partial charge in [-0.15, -0.1) is 0 Å². The summed E-state index contributed by atoms with van der Waals surface area (Å²) in [6.07, 6.45) is -0.133. The summed E-state index contributed by atoms with van der Waals surface area (Å²) < 4.78 is 10.6. The van der Waals surface area contributed by atoms with Crippen molar-refractivity contribution < 1.29 is 23.9 Å². The summed E-state index contributed by atoms with van der Waals surface area (Å²) in [6.45, 7) is 4.75. The number of carbonyl (C=O) groups is 3. The minimum Gasteiger partial charge on any atom is -0.494 e. The van der Waals surface area contributed by atoms with Gasteiger partial charge in [-0.25, -0.2) is 0 Å². The topological polar surface area (TPSA) is 84.9 Å². The molecule has 1 atom stereocenters. The zero-order chi connectivity index (χ0) is 21.5. The van der Waals surface area contributed by atoms with E-state index < -0.39 is 18.0 Å². The van der Waals surface area contributed by atoms with Gasteiger partial charge in [0, 0.05) is 18.7 Å². The van der Waals surface area contributed by atoms with Crippen molar-refractivity contribution in [2.75, 3.05) is 19.7 Å². The van der Waals surface area contributed by atoms with Crippen LogP contribution >= 0.6 is 0 Å². The third kappa shape index (κ3) is 5.37. The molecular formula is C23H26N2O5. The highest BCUT2D eigenvalue weighted by atomic mass is 16.5. The Bertz CT molecular complexity index is 910. The Hall–Kier alpha value is -3.35. The van der Waals surface area contributed by atoms with Crippen LogP contribution in [-0.2, 0) is 27.3 Å². The fourth-order valence-corrected chi connectivity index (χ4v) is 3.35. The molecule has 1 N–H and O–H groups in total. The van der Waals surface area contributed by atoms with Crippen molar-refractivity contribution in [2.24, 2.45) is 0 Å². The molecular weight excluding hydrogens is 384 g/mol. The lowest BCUT2D eigenvalue weighted by atomic mass is 9.99. The number of hydrogen-bond donors (Lipinski definition) is 1. The Morgan fingerprint density at radius 2 is 1.77 bits per heavy atom. The van der Waals surface area contributed by atoms with E-state index in [1.54, 1.807) is 36.1 Å². The Balaban J connectivity index is 1.46. The van der Waals surface area contributed by atoms with Gasteiger partial charge in [0.2, 0.25) is 0 Å². The Morgan fingerprint density at radius 3 is 2.47 bits per heavy atom. The highest BCUT2D eigenvalue weighted by molar-refractivity contribution is 5.96. The van der Waals surface area contributed by atoms with Crippen LogP contribution in [0, 0.1) is 0 Å². The molecule has 2 amide bonds. The molecule has 0 saturated carbocycles. The Labute approximate surface area is 176 Å². The number of benzene rings is 2. The van der Waals surface area contributed by atoms with Crippen LogP contribution in [0.4, 0.5) is 0 Å². The molecule has 0 saturated heterocycles. The largest absolute Gasteiger partial charge is 0.494 e. The third-order valence-electron chi connectivity index (χ3n) is 4.92. The molecule has 30 heavy (non-hydrogen) atoms. The van der Waals surface area contributed by atoms with Gasteiger partial charge in [-0.3, -0.25) is 14.4 Å². The highest BCUT2D eigenvalue weighted by Crippen LogP contribution is 2.19. The number of ether oxygens (including phenoxy) is 2. The molecule has 3 rings (SSSR count). The number of rotatable bonds is 7. The number of nitrogens with zero attached hydrogens (tertiary/aromatic N) is 1. The maximum atomic E-state index is 12.6. The van der Waals surface area contributed by atoms with Gasteiger partial charge in [0.15, 0.2) is 6.10 Å². The molecule has 158 valence electrons. The van der Waals surface area contributed by atoms with E-state index in [-0.39, 0.29) is 12.5 Å². The molecule has 0 bridgehead atoms. The van der Waals surface area contributed by atoms with Gasteiger partial charge >= 0.3 is 5.97 Å². The molecule has 0 unspecified atom stereocenters. The molecule has 2 aromatic carbocycles. The second kappa shape index (κ2) is 9.91. The fourth-order valence-electron chi connectivity index (χ4n) is 3.35. The van der Waals surface area contributed by atoms with E-state index in [4.69, 9.17) is 9.47 Å². The monoisotopic (exact) mass is 410 g/mol. The van der Waals surface area contributed by atoms with E-state index in [9.17, 15) is 14.4 Å². The minimum atomic E-state index is -0.912.